The summed E-state index contributed by atoms with van der Waals surface area (Å²) < 4.78 is 22.5. The molecule has 2 aromatic carbocycles. The Balaban J connectivity index is 1.28. The van der Waals surface area contributed by atoms with Crippen LogP contribution < -0.4 is 14.2 Å². The van der Waals surface area contributed by atoms with E-state index in [0.29, 0.717) is 24.7 Å². The molecule has 3 atom stereocenters. The highest BCUT2D eigenvalue weighted by Gasteiger charge is 2.45. The van der Waals surface area contributed by atoms with Gasteiger partial charge in [0.15, 0.2) is 11.5 Å². The first-order valence-electron chi connectivity index (χ1n) is 14.2. The summed E-state index contributed by atoms with van der Waals surface area (Å²) in [5.41, 5.74) is 3.51. The third kappa shape index (κ3) is 6.25. The van der Waals surface area contributed by atoms with E-state index < -0.39 is 0 Å². The molecule has 5 rings (SSSR count). The number of rotatable bonds is 13. The molecule has 0 aromatic heterocycles. The van der Waals surface area contributed by atoms with Crippen LogP contribution in [0.2, 0.25) is 0 Å². The van der Waals surface area contributed by atoms with Crippen LogP contribution in [0.3, 0.4) is 0 Å². The molecular formula is C31H38N2O7. The zero-order chi connectivity index (χ0) is 28.2. The fourth-order valence-corrected chi connectivity index (χ4v) is 5.61. The molecule has 2 aliphatic heterocycles. The number of carbonyl (C=O) groups is 3. The molecule has 2 heterocycles. The minimum atomic E-state index is -0.151. The van der Waals surface area contributed by atoms with Gasteiger partial charge in [-0.1, -0.05) is 18.2 Å². The Morgan fingerprint density at radius 1 is 1.10 bits per heavy atom. The number of fused-ring (bicyclic) bond motifs is 1. The van der Waals surface area contributed by atoms with Crippen molar-refractivity contribution in [2.75, 3.05) is 40.0 Å². The highest BCUT2D eigenvalue weighted by Crippen LogP contribution is 2.42. The van der Waals surface area contributed by atoms with Crippen molar-refractivity contribution in [1.29, 1.82) is 0 Å². The van der Waals surface area contributed by atoms with Crippen molar-refractivity contribution in [1.82, 2.24) is 9.80 Å². The maximum absolute atomic E-state index is 12.3. The zero-order valence-corrected chi connectivity index (χ0v) is 23.5. The van der Waals surface area contributed by atoms with Crippen molar-refractivity contribution < 1.29 is 33.3 Å². The van der Waals surface area contributed by atoms with Crippen LogP contribution in [0, 0.1) is 11.8 Å². The molecule has 3 aliphatic rings. The lowest BCUT2D eigenvalue weighted by atomic mass is 10.0. The van der Waals surface area contributed by atoms with Crippen molar-refractivity contribution in [3.05, 3.63) is 53.1 Å². The monoisotopic (exact) mass is 550 g/mol. The second-order valence-corrected chi connectivity index (χ2v) is 10.7. The molecule has 9 heteroatoms. The van der Waals surface area contributed by atoms with Crippen LogP contribution in [0.15, 0.2) is 36.4 Å². The van der Waals surface area contributed by atoms with E-state index >= 15 is 0 Å². The maximum Gasteiger partial charge on any atom is 0.309 e. The molecule has 9 nitrogen and oxygen atoms in total. The molecule has 1 aliphatic carbocycles. The number of carbonyl (C=O) groups excluding carboxylic acids is 3. The lowest BCUT2D eigenvalue weighted by Gasteiger charge is -2.30. The Kier molecular flexibility index (Phi) is 8.59. The molecular weight excluding hydrogens is 512 g/mol. The molecule has 40 heavy (non-hydrogen) atoms. The molecule has 2 amide bonds. The fraction of sp³-hybridized carbons (Fsp3) is 0.516. The van der Waals surface area contributed by atoms with E-state index in [1.807, 2.05) is 25.1 Å². The van der Waals surface area contributed by atoms with Gasteiger partial charge in [-0.15, -0.1) is 0 Å². The normalized spacial score (nSPS) is 20.4. The topological polar surface area (TPSA) is 94.6 Å². The van der Waals surface area contributed by atoms with Gasteiger partial charge in [0.05, 0.1) is 32.8 Å². The summed E-state index contributed by atoms with van der Waals surface area (Å²) in [7, 11) is 1.60. The van der Waals surface area contributed by atoms with E-state index in [9.17, 15) is 14.4 Å². The summed E-state index contributed by atoms with van der Waals surface area (Å²) in [6.45, 7) is 7.03. The maximum atomic E-state index is 12.3. The number of methoxy groups -OCH3 is 1. The van der Waals surface area contributed by atoms with Crippen LogP contribution in [0.25, 0.3) is 0 Å². The lowest BCUT2D eigenvalue weighted by molar-refractivity contribution is -0.145. The van der Waals surface area contributed by atoms with Crippen LogP contribution in [-0.4, -0.2) is 67.6 Å². The number of ether oxygens (including phenoxy) is 4. The summed E-state index contributed by atoms with van der Waals surface area (Å²) >= 11 is 0. The minimum Gasteiger partial charge on any atom is -0.493 e. The molecule has 0 N–H and O–H groups in total. The number of esters is 1. The van der Waals surface area contributed by atoms with E-state index in [0.717, 1.165) is 37.3 Å². The average molecular weight is 551 g/mol. The highest BCUT2D eigenvalue weighted by molar-refractivity contribution is 6.01. The summed E-state index contributed by atoms with van der Waals surface area (Å²) in [5, 5.41) is 0. The summed E-state index contributed by atoms with van der Waals surface area (Å²) in [4.78, 5) is 39.7. The number of hydrogen-bond donors (Lipinski definition) is 0. The third-order valence-electron chi connectivity index (χ3n) is 8.07. The quantitative estimate of drug-likeness (QED) is 0.274. The Hall–Kier alpha value is -3.59. The Labute approximate surface area is 235 Å². The van der Waals surface area contributed by atoms with E-state index in [-0.39, 0.29) is 61.7 Å². The number of benzene rings is 2. The Morgan fingerprint density at radius 3 is 2.65 bits per heavy atom. The lowest BCUT2D eigenvalue weighted by Crippen LogP contribution is -2.33. The van der Waals surface area contributed by atoms with Crippen LogP contribution in [-0.2, 0) is 32.1 Å². The van der Waals surface area contributed by atoms with Crippen LogP contribution in [0.1, 0.15) is 55.8 Å². The van der Waals surface area contributed by atoms with Crippen LogP contribution >= 0.6 is 0 Å². The molecule has 214 valence electrons. The van der Waals surface area contributed by atoms with Crippen molar-refractivity contribution in [3.8, 4) is 17.2 Å². The van der Waals surface area contributed by atoms with E-state index in [4.69, 9.17) is 18.9 Å². The first-order valence-corrected chi connectivity index (χ1v) is 14.2. The van der Waals surface area contributed by atoms with E-state index in [1.165, 1.54) is 16.0 Å². The van der Waals surface area contributed by atoms with Gasteiger partial charge < -0.3 is 18.9 Å². The number of nitrogens with zero attached hydrogens (tertiary/aromatic N) is 2. The standard InChI is InChI=1S/C31H38N2O7/c1-4-38-31(36)25-17-24(25)19-32(20(2)22-6-8-26-23(16-22)11-13-39-26)18-21-5-7-27(28(15-21)37-3)40-14-12-33-29(34)9-10-30(33)35/h5-8,15-16,20,24-25H,4,9-14,17-19H2,1-3H3/t20?,24-,25+/m0/s1. The molecule has 1 saturated carbocycles. The van der Waals surface area contributed by atoms with E-state index in [2.05, 4.69) is 30.0 Å². The van der Waals surface area contributed by atoms with Gasteiger partial charge in [0.25, 0.3) is 0 Å². The Bertz CT molecular complexity index is 1250. The largest absolute Gasteiger partial charge is 0.493 e. The summed E-state index contributed by atoms with van der Waals surface area (Å²) in [6, 6.07) is 12.4. The first kappa shape index (κ1) is 28.0. The fourth-order valence-electron chi connectivity index (χ4n) is 5.61. The number of hydrogen-bond acceptors (Lipinski definition) is 8. The van der Waals surface area contributed by atoms with Gasteiger partial charge >= 0.3 is 5.97 Å². The highest BCUT2D eigenvalue weighted by atomic mass is 16.5. The molecule has 1 unspecified atom stereocenters. The van der Waals surface area contributed by atoms with E-state index in [1.54, 1.807) is 7.11 Å². The molecule has 0 radical (unpaired) electrons. The molecule has 0 bridgehead atoms. The minimum absolute atomic E-state index is 0.0391. The summed E-state index contributed by atoms with van der Waals surface area (Å²) in [5.74, 6) is 1.94. The van der Waals surface area contributed by atoms with Gasteiger partial charge in [0.1, 0.15) is 12.4 Å². The molecule has 2 aromatic rings. The predicted molar refractivity (Wildman–Crippen MR) is 147 cm³/mol. The van der Waals surface area contributed by atoms with Gasteiger partial charge in [0, 0.05) is 38.4 Å². The molecule has 1 saturated heterocycles. The van der Waals surface area contributed by atoms with Crippen molar-refractivity contribution >= 4 is 17.8 Å². The number of imide groups is 1. The first-order chi connectivity index (χ1) is 19.4. The zero-order valence-electron chi connectivity index (χ0n) is 23.5. The van der Waals surface area contributed by atoms with Crippen molar-refractivity contribution in [2.45, 2.75) is 52.1 Å². The van der Waals surface area contributed by atoms with Crippen LogP contribution in [0.4, 0.5) is 0 Å². The average Bonchev–Trinajstić information content (AvgIpc) is 3.44. The second kappa shape index (κ2) is 12.3. The summed E-state index contributed by atoms with van der Waals surface area (Å²) in [6.07, 6.45) is 2.30. The van der Waals surface area contributed by atoms with Crippen LogP contribution in [0.5, 0.6) is 17.2 Å². The molecule has 2 fully saturated rings. The van der Waals surface area contributed by atoms with Gasteiger partial charge in [-0.05, 0) is 61.1 Å². The molecule has 0 spiro atoms. The third-order valence-corrected chi connectivity index (χ3v) is 8.07. The van der Waals surface area contributed by atoms with Crippen molar-refractivity contribution in [3.63, 3.8) is 0 Å². The van der Waals surface area contributed by atoms with Gasteiger partial charge in [-0.25, -0.2) is 0 Å². The number of amides is 2. The predicted octanol–water partition coefficient (Wildman–Crippen LogP) is 3.92. The van der Waals surface area contributed by atoms with Gasteiger partial charge in [0.2, 0.25) is 11.8 Å². The SMILES string of the molecule is CCOC(=O)[C@@H]1C[C@H]1CN(Cc1ccc(OCCN2C(=O)CCC2=O)c(OC)c1)C(C)c1ccc2c(c1)CCO2. The Morgan fingerprint density at radius 2 is 1.90 bits per heavy atom. The second-order valence-electron chi connectivity index (χ2n) is 10.7. The number of likely N-dealkylation sites (tertiary alicyclic amines) is 1. The van der Waals surface area contributed by atoms with Gasteiger partial charge in [-0.3, -0.25) is 24.2 Å². The van der Waals surface area contributed by atoms with Crippen molar-refractivity contribution in [2.24, 2.45) is 11.8 Å². The smallest absolute Gasteiger partial charge is 0.309 e. The van der Waals surface area contributed by atoms with Gasteiger partial charge in [-0.2, -0.15) is 0 Å².